The first-order chi connectivity index (χ1) is 8.97. The molecule has 6 heteroatoms. The zero-order valence-electron chi connectivity index (χ0n) is 9.55. The number of halogens is 4. The molecule has 0 atom stereocenters. The average molecular weight is 470 g/mol. The van der Waals surface area contributed by atoms with Crippen molar-refractivity contribution in [2.45, 2.75) is 6.54 Å². The summed E-state index contributed by atoms with van der Waals surface area (Å²) in [6.45, 7) is 0.637. The van der Waals surface area contributed by atoms with Crippen LogP contribution in [0, 0.1) is 0 Å². The van der Waals surface area contributed by atoms with Gasteiger partial charge in [0.15, 0.2) is 0 Å². The number of phenols is 1. The molecule has 0 amide bonds. The van der Waals surface area contributed by atoms with E-state index in [1.807, 2.05) is 30.3 Å². The molecule has 0 aliphatic heterocycles. The van der Waals surface area contributed by atoms with Gasteiger partial charge >= 0.3 is 0 Å². The Balaban J connectivity index is 2.14. The maximum Gasteiger partial charge on any atom is 0.143 e. The molecule has 0 aliphatic rings. The molecule has 0 bridgehead atoms. The van der Waals surface area contributed by atoms with E-state index < -0.39 is 0 Å². The number of anilines is 1. The Hall–Kier alpha value is -0.230. The molecule has 0 saturated carbocycles. The number of hydrogen-bond donors (Lipinski definition) is 2. The lowest BCUT2D eigenvalue weighted by Crippen LogP contribution is -2.00. The molecule has 0 fully saturated rings. The van der Waals surface area contributed by atoms with Gasteiger partial charge in [-0.1, -0.05) is 11.6 Å². The zero-order valence-corrected chi connectivity index (χ0v) is 15.1. The SMILES string of the molecule is Oc1c(Br)cc(CNc2ccc(Cl)cc2Br)cc1Br. The summed E-state index contributed by atoms with van der Waals surface area (Å²) in [5.41, 5.74) is 2.00. The second-order valence-electron chi connectivity index (χ2n) is 3.89. The molecule has 0 aliphatic carbocycles. The van der Waals surface area contributed by atoms with Gasteiger partial charge in [0.2, 0.25) is 0 Å². The van der Waals surface area contributed by atoms with Crippen molar-refractivity contribution in [1.29, 1.82) is 0 Å². The Kier molecular flexibility index (Phi) is 5.17. The molecule has 0 saturated heterocycles. The predicted molar refractivity (Wildman–Crippen MR) is 90.0 cm³/mol. The van der Waals surface area contributed by atoms with Crippen LogP contribution in [0.1, 0.15) is 5.56 Å². The quantitative estimate of drug-likeness (QED) is 0.582. The van der Waals surface area contributed by atoms with Crippen molar-refractivity contribution < 1.29 is 5.11 Å². The molecule has 2 rings (SSSR count). The highest BCUT2D eigenvalue weighted by Crippen LogP contribution is 2.34. The molecule has 100 valence electrons. The molecule has 2 N–H and O–H groups in total. The monoisotopic (exact) mass is 467 g/mol. The van der Waals surface area contributed by atoms with Gasteiger partial charge in [0.25, 0.3) is 0 Å². The Morgan fingerprint density at radius 2 is 1.63 bits per heavy atom. The van der Waals surface area contributed by atoms with E-state index in [2.05, 4.69) is 53.1 Å². The second-order valence-corrected chi connectivity index (χ2v) is 6.89. The molecule has 0 heterocycles. The first kappa shape index (κ1) is 15.2. The van der Waals surface area contributed by atoms with Gasteiger partial charge in [0.1, 0.15) is 5.75 Å². The van der Waals surface area contributed by atoms with Crippen molar-refractivity contribution in [2.24, 2.45) is 0 Å². The molecular weight excluding hydrogens is 461 g/mol. The lowest BCUT2D eigenvalue weighted by atomic mass is 10.2. The van der Waals surface area contributed by atoms with Crippen molar-refractivity contribution in [3.05, 3.63) is 54.3 Å². The number of aromatic hydroxyl groups is 1. The Labute approximate surface area is 141 Å². The summed E-state index contributed by atoms with van der Waals surface area (Å²) in [5, 5.41) is 13.6. The summed E-state index contributed by atoms with van der Waals surface area (Å²) in [6, 6.07) is 9.33. The van der Waals surface area contributed by atoms with Crippen molar-refractivity contribution in [3.8, 4) is 5.75 Å². The van der Waals surface area contributed by atoms with Crippen LogP contribution in [-0.4, -0.2) is 5.11 Å². The van der Waals surface area contributed by atoms with E-state index in [9.17, 15) is 5.11 Å². The van der Waals surface area contributed by atoms with Crippen LogP contribution in [0.2, 0.25) is 5.02 Å². The fourth-order valence-electron chi connectivity index (χ4n) is 1.55. The van der Waals surface area contributed by atoms with Gasteiger partial charge in [-0.05, 0) is 83.7 Å². The van der Waals surface area contributed by atoms with E-state index in [1.54, 1.807) is 0 Å². The highest BCUT2D eigenvalue weighted by atomic mass is 79.9. The largest absolute Gasteiger partial charge is 0.506 e. The first-order valence-electron chi connectivity index (χ1n) is 5.33. The van der Waals surface area contributed by atoms with E-state index in [1.165, 1.54) is 0 Å². The minimum atomic E-state index is 0.205. The molecular formula is C13H9Br3ClNO. The minimum Gasteiger partial charge on any atom is -0.506 e. The van der Waals surface area contributed by atoms with Gasteiger partial charge in [-0.3, -0.25) is 0 Å². The van der Waals surface area contributed by atoms with Gasteiger partial charge in [-0.15, -0.1) is 0 Å². The minimum absolute atomic E-state index is 0.205. The van der Waals surface area contributed by atoms with E-state index in [0.29, 0.717) is 20.5 Å². The zero-order chi connectivity index (χ0) is 14.0. The van der Waals surface area contributed by atoms with Crippen LogP contribution in [0.15, 0.2) is 43.7 Å². The number of benzene rings is 2. The summed E-state index contributed by atoms with van der Waals surface area (Å²) in [6.07, 6.45) is 0. The summed E-state index contributed by atoms with van der Waals surface area (Å²) in [4.78, 5) is 0. The maximum absolute atomic E-state index is 9.65. The fourth-order valence-corrected chi connectivity index (χ4v) is 3.65. The third kappa shape index (κ3) is 3.88. The van der Waals surface area contributed by atoms with Crippen LogP contribution in [-0.2, 0) is 6.54 Å². The van der Waals surface area contributed by atoms with Crippen LogP contribution < -0.4 is 5.32 Å². The first-order valence-corrected chi connectivity index (χ1v) is 8.09. The molecule has 2 nitrogen and oxygen atoms in total. The molecule has 0 aromatic heterocycles. The Morgan fingerprint density at radius 1 is 1.00 bits per heavy atom. The lowest BCUT2D eigenvalue weighted by Gasteiger charge is -2.10. The summed E-state index contributed by atoms with van der Waals surface area (Å²) < 4.78 is 2.24. The van der Waals surface area contributed by atoms with E-state index in [0.717, 1.165) is 15.7 Å². The average Bonchev–Trinajstić information content (AvgIpc) is 2.34. The molecule has 0 unspecified atom stereocenters. The van der Waals surface area contributed by atoms with Crippen LogP contribution in [0.3, 0.4) is 0 Å². The summed E-state index contributed by atoms with van der Waals surface area (Å²) >= 11 is 16.0. The van der Waals surface area contributed by atoms with Crippen molar-refractivity contribution in [2.75, 3.05) is 5.32 Å². The topological polar surface area (TPSA) is 32.3 Å². The Morgan fingerprint density at radius 3 is 2.21 bits per heavy atom. The van der Waals surface area contributed by atoms with Gasteiger partial charge in [0, 0.05) is 21.7 Å². The highest BCUT2D eigenvalue weighted by Gasteiger charge is 2.06. The third-order valence-electron chi connectivity index (χ3n) is 2.49. The lowest BCUT2D eigenvalue weighted by molar-refractivity contribution is 0.468. The van der Waals surface area contributed by atoms with Gasteiger partial charge in [0.05, 0.1) is 8.95 Å². The van der Waals surface area contributed by atoms with E-state index in [4.69, 9.17) is 11.6 Å². The number of nitrogens with one attached hydrogen (secondary N) is 1. The van der Waals surface area contributed by atoms with Crippen molar-refractivity contribution in [3.63, 3.8) is 0 Å². The van der Waals surface area contributed by atoms with Crippen molar-refractivity contribution >= 4 is 65.1 Å². The molecule has 19 heavy (non-hydrogen) atoms. The Bertz CT molecular complexity index is 596. The van der Waals surface area contributed by atoms with Crippen LogP contribution >= 0.6 is 59.4 Å². The highest BCUT2D eigenvalue weighted by molar-refractivity contribution is 9.11. The summed E-state index contributed by atoms with van der Waals surface area (Å²) in [7, 11) is 0. The normalized spacial score (nSPS) is 10.5. The number of rotatable bonds is 3. The predicted octanol–water partition coefficient (Wildman–Crippen LogP) is 5.95. The van der Waals surface area contributed by atoms with Gasteiger partial charge in [-0.2, -0.15) is 0 Å². The van der Waals surface area contributed by atoms with Gasteiger partial charge < -0.3 is 10.4 Å². The fraction of sp³-hybridized carbons (Fsp3) is 0.0769. The van der Waals surface area contributed by atoms with Crippen LogP contribution in [0.5, 0.6) is 5.75 Å². The maximum atomic E-state index is 9.65. The standard InChI is InChI=1S/C13H9Br3ClNO/c14-9-5-8(17)1-2-12(9)18-6-7-3-10(15)13(19)11(16)4-7/h1-5,18-19H,6H2. The second kappa shape index (κ2) is 6.48. The number of phenolic OH excluding ortho intramolecular Hbond substituents is 1. The van der Waals surface area contributed by atoms with E-state index in [-0.39, 0.29) is 5.75 Å². The van der Waals surface area contributed by atoms with E-state index >= 15 is 0 Å². The molecule has 2 aromatic rings. The van der Waals surface area contributed by atoms with Crippen LogP contribution in [0.4, 0.5) is 5.69 Å². The molecule has 0 spiro atoms. The third-order valence-corrected chi connectivity index (χ3v) is 4.59. The molecule has 0 radical (unpaired) electrons. The molecule has 2 aromatic carbocycles. The number of hydrogen-bond acceptors (Lipinski definition) is 2. The van der Waals surface area contributed by atoms with Crippen LogP contribution in [0.25, 0.3) is 0 Å². The smallest absolute Gasteiger partial charge is 0.143 e. The van der Waals surface area contributed by atoms with Crippen molar-refractivity contribution in [1.82, 2.24) is 0 Å². The summed E-state index contributed by atoms with van der Waals surface area (Å²) in [5.74, 6) is 0.205. The van der Waals surface area contributed by atoms with Gasteiger partial charge in [-0.25, -0.2) is 0 Å².